The van der Waals surface area contributed by atoms with Gasteiger partial charge in [0, 0.05) is 12.8 Å². The zero-order valence-corrected chi connectivity index (χ0v) is 50.5. The standard InChI is InChI=1S/C69H131NO5/c1-3-5-7-9-11-13-15-16-17-18-19-20-21-23-26-29-32-35-38-42-45-49-53-57-61-67(72)66(65-71)70-68(73)62-58-54-50-46-43-39-36-33-30-27-24-22-25-28-31-34-37-40-44-48-52-56-60-64-75-69(74)63-59-55-51-47-41-14-12-10-8-6-4-2/h10,12,22,25,27,30,66-67,71-72H,3-9,11,13-21,23-24,26,28-29,31-65H2,1-2H3,(H,70,73)/b12-10-,25-22-,30-27-. The summed E-state index contributed by atoms with van der Waals surface area (Å²) in [6.45, 7) is 4.93. The molecule has 0 aromatic carbocycles. The van der Waals surface area contributed by atoms with E-state index in [1.54, 1.807) is 0 Å². The highest BCUT2D eigenvalue weighted by Gasteiger charge is 2.20. The first-order chi connectivity index (χ1) is 37.0. The van der Waals surface area contributed by atoms with Crippen LogP contribution in [0.3, 0.4) is 0 Å². The molecule has 3 N–H and O–H groups in total. The zero-order valence-electron chi connectivity index (χ0n) is 50.5. The molecule has 1 amide bonds. The van der Waals surface area contributed by atoms with Crippen molar-refractivity contribution < 1.29 is 24.5 Å². The van der Waals surface area contributed by atoms with Crippen molar-refractivity contribution in [2.75, 3.05) is 13.2 Å². The first-order valence-electron chi connectivity index (χ1n) is 33.7. The van der Waals surface area contributed by atoms with Crippen LogP contribution < -0.4 is 5.32 Å². The van der Waals surface area contributed by atoms with E-state index in [2.05, 4.69) is 55.6 Å². The fraction of sp³-hybridized carbons (Fsp3) is 0.884. The second-order valence-electron chi connectivity index (χ2n) is 23.1. The van der Waals surface area contributed by atoms with Gasteiger partial charge >= 0.3 is 5.97 Å². The van der Waals surface area contributed by atoms with Crippen LogP contribution in [0.25, 0.3) is 0 Å². The fourth-order valence-electron chi connectivity index (χ4n) is 10.5. The maximum absolute atomic E-state index is 12.5. The lowest BCUT2D eigenvalue weighted by Gasteiger charge is -2.22. The van der Waals surface area contributed by atoms with Gasteiger partial charge < -0.3 is 20.3 Å². The SMILES string of the molecule is CCCC/C=C\CCCCCCCC(=O)OCCCCCCCCCCC/C=C\C/C=C\CCCCCCCCCC(=O)NC(CO)C(O)CCCCCCCCCCCCCCCCCCCCCCCCCC. The molecular weight excluding hydrogens is 923 g/mol. The number of rotatable bonds is 63. The Bertz CT molecular complexity index is 1210. The van der Waals surface area contributed by atoms with Gasteiger partial charge in [-0.25, -0.2) is 0 Å². The molecule has 0 aromatic heterocycles. The van der Waals surface area contributed by atoms with Gasteiger partial charge in [-0.15, -0.1) is 0 Å². The van der Waals surface area contributed by atoms with Crippen LogP contribution in [0.1, 0.15) is 367 Å². The van der Waals surface area contributed by atoms with Crippen LogP contribution >= 0.6 is 0 Å². The highest BCUT2D eigenvalue weighted by molar-refractivity contribution is 5.76. The number of hydrogen-bond acceptors (Lipinski definition) is 5. The van der Waals surface area contributed by atoms with Crippen molar-refractivity contribution in [3.63, 3.8) is 0 Å². The van der Waals surface area contributed by atoms with Crippen LogP contribution in [0, 0.1) is 0 Å². The van der Waals surface area contributed by atoms with Gasteiger partial charge in [0.2, 0.25) is 5.91 Å². The molecule has 0 saturated heterocycles. The minimum Gasteiger partial charge on any atom is -0.466 e. The van der Waals surface area contributed by atoms with E-state index < -0.39 is 12.1 Å². The second-order valence-corrected chi connectivity index (χ2v) is 23.1. The number of amides is 1. The van der Waals surface area contributed by atoms with Crippen LogP contribution in [-0.2, 0) is 14.3 Å². The van der Waals surface area contributed by atoms with Crippen LogP contribution in [0.5, 0.6) is 0 Å². The van der Waals surface area contributed by atoms with Crippen molar-refractivity contribution in [3.05, 3.63) is 36.5 Å². The van der Waals surface area contributed by atoms with Crippen molar-refractivity contribution >= 4 is 11.9 Å². The summed E-state index contributed by atoms with van der Waals surface area (Å²) < 4.78 is 5.46. The third-order valence-electron chi connectivity index (χ3n) is 15.7. The predicted molar refractivity (Wildman–Crippen MR) is 329 cm³/mol. The molecule has 0 saturated carbocycles. The topological polar surface area (TPSA) is 95.9 Å². The number of aliphatic hydroxyl groups excluding tert-OH is 2. The summed E-state index contributed by atoms with van der Waals surface area (Å²) in [4.78, 5) is 24.5. The zero-order chi connectivity index (χ0) is 54.3. The molecule has 0 radical (unpaired) electrons. The molecule has 442 valence electrons. The number of carbonyl (C=O) groups excluding carboxylic acids is 2. The third kappa shape index (κ3) is 61.2. The Hall–Kier alpha value is -1.92. The maximum Gasteiger partial charge on any atom is 0.305 e. The van der Waals surface area contributed by atoms with E-state index in [0.29, 0.717) is 25.9 Å². The molecule has 6 nitrogen and oxygen atoms in total. The van der Waals surface area contributed by atoms with Crippen molar-refractivity contribution in [2.45, 2.75) is 379 Å². The lowest BCUT2D eigenvalue weighted by Crippen LogP contribution is -2.45. The monoisotopic (exact) mass is 1050 g/mol. The van der Waals surface area contributed by atoms with Gasteiger partial charge in [-0.3, -0.25) is 9.59 Å². The summed E-state index contributed by atoms with van der Waals surface area (Å²) in [6.07, 6.45) is 81.8. The summed E-state index contributed by atoms with van der Waals surface area (Å²) in [6, 6.07) is -0.551. The highest BCUT2D eigenvalue weighted by atomic mass is 16.5. The Kier molecular flexibility index (Phi) is 63.0. The number of allylic oxidation sites excluding steroid dienone is 6. The Morgan fingerprint density at radius 3 is 1.07 bits per heavy atom. The Labute approximate surface area is 468 Å². The molecule has 0 fully saturated rings. The average Bonchev–Trinajstić information content (AvgIpc) is 3.41. The fourth-order valence-corrected chi connectivity index (χ4v) is 10.5. The van der Waals surface area contributed by atoms with Crippen molar-refractivity contribution in [1.82, 2.24) is 5.32 Å². The molecule has 0 aliphatic carbocycles. The largest absolute Gasteiger partial charge is 0.466 e. The van der Waals surface area contributed by atoms with Crippen molar-refractivity contribution in [1.29, 1.82) is 0 Å². The quantitative estimate of drug-likeness (QED) is 0.0320. The molecule has 0 rings (SSSR count). The third-order valence-corrected chi connectivity index (χ3v) is 15.7. The molecule has 75 heavy (non-hydrogen) atoms. The molecule has 0 spiro atoms. The van der Waals surface area contributed by atoms with Gasteiger partial charge in [0.25, 0.3) is 0 Å². The molecule has 0 aromatic rings. The van der Waals surface area contributed by atoms with Gasteiger partial charge in [-0.05, 0) is 77.0 Å². The number of ether oxygens (including phenoxy) is 1. The van der Waals surface area contributed by atoms with E-state index in [1.165, 1.54) is 276 Å². The van der Waals surface area contributed by atoms with Gasteiger partial charge in [-0.2, -0.15) is 0 Å². The lowest BCUT2D eigenvalue weighted by molar-refractivity contribution is -0.143. The summed E-state index contributed by atoms with van der Waals surface area (Å²) in [7, 11) is 0. The average molecular weight is 1050 g/mol. The van der Waals surface area contributed by atoms with Crippen LogP contribution in [0.15, 0.2) is 36.5 Å². The summed E-state index contributed by atoms with van der Waals surface area (Å²) in [5, 5.41) is 23.4. The van der Waals surface area contributed by atoms with Crippen LogP contribution in [-0.4, -0.2) is 47.4 Å². The second kappa shape index (κ2) is 64.6. The molecule has 0 aliphatic heterocycles. The molecule has 2 atom stereocenters. The smallest absolute Gasteiger partial charge is 0.305 e. The van der Waals surface area contributed by atoms with Crippen molar-refractivity contribution in [2.24, 2.45) is 0 Å². The number of esters is 1. The van der Waals surface area contributed by atoms with Crippen molar-refractivity contribution in [3.8, 4) is 0 Å². The van der Waals surface area contributed by atoms with Gasteiger partial charge in [0.15, 0.2) is 0 Å². The predicted octanol–water partition coefficient (Wildman–Crippen LogP) is 21.5. The van der Waals surface area contributed by atoms with E-state index in [0.717, 1.165) is 57.8 Å². The van der Waals surface area contributed by atoms with E-state index >= 15 is 0 Å². The Balaban J connectivity index is 3.45. The molecule has 6 heteroatoms. The van der Waals surface area contributed by atoms with Crippen LogP contribution in [0.2, 0.25) is 0 Å². The number of carbonyl (C=O) groups is 2. The minimum atomic E-state index is -0.673. The van der Waals surface area contributed by atoms with Gasteiger partial charge in [0.1, 0.15) is 0 Å². The number of aliphatic hydroxyl groups is 2. The van der Waals surface area contributed by atoms with E-state index in [1.807, 2.05) is 0 Å². The first-order valence-corrected chi connectivity index (χ1v) is 33.7. The summed E-state index contributed by atoms with van der Waals surface area (Å²) >= 11 is 0. The Morgan fingerprint density at radius 2 is 0.680 bits per heavy atom. The van der Waals surface area contributed by atoms with Gasteiger partial charge in [-0.1, -0.05) is 314 Å². The van der Waals surface area contributed by atoms with E-state index in [4.69, 9.17) is 4.74 Å². The Morgan fingerprint density at radius 1 is 0.373 bits per heavy atom. The molecule has 0 bridgehead atoms. The van der Waals surface area contributed by atoms with Crippen LogP contribution in [0.4, 0.5) is 0 Å². The molecule has 0 aliphatic rings. The molecular formula is C69H131NO5. The minimum absolute atomic E-state index is 0.00368. The molecule has 0 heterocycles. The normalized spacial score (nSPS) is 12.7. The highest BCUT2D eigenvalue weighted by Crippen LogP contribution is 2.18. The van der Waals surface area contributed by atoms with Gasteiger partial charge in [0.05, 0.1) is 25.4 Å². The number of hydrogen-bond donors (Lipinski definition) is 3. The number of unbranched alkanes of at least 4 members (excludes halogenated alkanes) is 46. The maximum atomic E-state index is 12.5. The number of nitrogens with one attached hydrogen (secondary N) is 1. The van der Waals surface area contributed by atoms with E-state index in [9.17, 15) is 19.8 Å². The molecule has 2 unspecified atom stereocenters. The van der Waals surface area contributed by atoms with E-state index in [-0.39, 0.29) is 18.5 Å². The summed E-state index contributed by atoms with van der Waals surface area (Å²) in [5.74, 6) is -0.0454. The first kappa shape index (κ1) is 73.1. The summed E-state index contributed by atoms with van der Waals surface area (Å²) in [5.41, 5.74) is 0. The lowest BCUT2D eigenvalue weighted by atomic mass is 10.0.